The van der Waals surface area contributed by atoms with E-state index >= 15 is 0 Å². The van der Waals surface area contributed by atoms with Crippen LogP contribution >= 0.6 is 0 Å². The molecule has 1 heterocycles. The Bertz CT molecular complexity index is 454. The second-order valence-electron chi connectivity index (χ2n) is 3.48. The number of halogens is 2. The number of alkyl halides is 2. The first-order valence-corrected chi connectivity index (χ1v) is 5.03. The van der Waals surface area contributed by atoms with Crippen molar-refractivity contribution in [3.63, 3.8) is 0 Å². The van der Waals surface area contributed by atoms with Gasteiger partial charge in [-0.2, -0.15) is 8.78 Å². The van der Waals surface area contributed by atoms with Gasteiger partial charge in [0.15, 0.2) is 0 Å². The van der Waals surface area contributed by atoms with Gasteiger partial charge in [-0.25, -0.2) is 0 Å². The lowest BCUT2D eigenvalue weighted by Gasteiger charge is -2.10. The van der Waals surface area contributed by atoms with Crippen LogP contribution in [0.4, 0.5) is 8.78 Å². The Morgan fingerprint density at radius 3 is 2.35 bits per heavy atom. The van der Waals surface area contributed by atoms with E-state index in [9.17, 15) is 13.9 Å². The number of aliphatic hydroxyl groups is 1. The van der Waals surface area contributed by atoms with Crippen LogP contribution in [-0.2, 0) is 0 Å². The van der Waals surface area contributed by atoms with Crippen LogP contribution < -0.4 is 4.74 Å². The smallest absolute Gasteiger partial charge is 0.387 e. The summed E-state index contributed by atoms with van der Waals surface area (Å²) in [6, 6.07) is 9.40. The summed E-state index contributed by atoms with van der Waals surface area (Å²) in [5.41, 5.74) is 1.25. The molecule has 0 saturated heterocycles. The van der Waals surface area contributed by atoms with E-state index in [-0.39, 0.29) is 5.75 Å². The number of aromatic amines is 1. The molecule has 2 N–H and O–H groups in total. The van der Waals surface area contributed by atoms with Crippen molar-refractivity contribution >= 4 is 0 Å². The summed E-state index contributed by atoms with van der Waals surface area (Å²) >= 11 is 0. The zero-order valence-corrected chi connectivity index (χ0v) is 8.81. The maximum absolute atomic E-state index is 11.9. The van der Waals surface area contributed by atoms with Gasteiger partial charge in [-0.3, -0.25) is 0 Å². The molecule has 0 spiro atoms. The van der Waals surface area contributed by atoms with Crippen LogP contribution in [0, 0.1) is 0 Å². The topological polar surface area (TPSA) is 45.2 Å². The summed E-state index contributed by atoms with van der Waals surface area (Å²) in [6.45, 7) is -2.84. The monoisotopic (exact) mass is 239 g/mol. The summed E-state index contributed by atoms with van der Waals surface area (Å²) in [4.78, 5) is 2.88. The summed E-state index contributed by atoms with van der Waals surface area (Å²) in [6.07, 6.45) is 0.901. The molecule has 0 amide bonds. The summed E-state index contributed by atoms with van der Waals surface area (Å²) < 4.78 is 28.1. The lowest BCUT2D eigenvalue weighted by atomic mass is 10.1. The van der Waals surface area contributed by atoms with Crippen molar-refractivity contribution in [2.75, 3.05) is 0 Å². The molecule has 2 aromatic rings. The molecule has 0 radical (unpaired) electrons. The first-order valence-electron chi connectivity index (χ1n) is 5.03. The van der Waals surface area contributed by atoms with Crippen molar-refractivity contribution in [3.8, 4) is 5.75 Å². The second-order valence-corrected chi connectivity index (χ2v) is 3.48. The zero-order valence-electron chi connectivity index (χ0n) is 8.81. The molecule has 1 unspecified atom stereocenters. The highest BCUT2D eigenvalue weighted by atomic mass is 19.3. The Labute approximate surface area is 96.7 Å². The molecule has 0 aliphatic rings. The van der Waals surface area contributed by atoms with Gasteiger partial charge in [-0.1, -0.05) is 12.1 Å². The number of rotatable bonds is 4. The van der Waals surface area contributed by atoms with E-state index in [2.05, 4.69) is 9.72 Å². The van der Waals surface area contributed by atoms with Gasteiger partial charge < -0.3 is 14.8 Å². The van der Waals surface area contributed by atoms with Crippen molar-refractivity contribution < 1.29 is 18.6 Å². The van der Waals surface area contributed by atoms with E-state index in [1.165, 1.54) is 12.1 Å². The average molecular weight is 239 g/mol. The third kappa shape index (κ3) is 2.82. The van der Waals surface area contributed by atoms with Crippen molar-refractivity contribution in [1.82, 2.24) is 4.98 Å². The van der Waals surface area contributed by atoms with Crippen LogP contribution in [0.5, 0.6) is 5.75 Å². The molecule has 3 nitrogen and oxygen atoms in total. The number of aliphatic hydroxyl groups excluding tert-OH is 1. The fourth-order valence-corrected chi connectivity index (χ4v) is 1.53. The maximum atomic E-state index is 11.9. The van der Waals surface area contributed by atoms with Gasteiger partial charge >= 0.3 is 6.61 Å². The van der Waals surface area contributed by atoms with Gasteiger partial charge in [0.2, 0.25) is 0 Å². The Hall–Kier alpha value is -1.88. The van der Waals surface area contributed by atoms with E-state index in [1.54, 1.807) is 30.5 Å². The SMILES string of the molecule is OC(c1ccc(OC(F)F)cc1)c1ccc[nH]1. The summed E-state index contributed by atoms with van der Waals surface area (Å²) in [5, 5.41) is 9.93. The Morgan fingerprint density at radius 1 is 1.12 bits per heavy atom. The molecular weight excluding hydrogens is 228 g/mol. The second kappa shape index (κ2) is 4.97. The Balaban J connectivity index is 2.12. The number of H-pyrrole nitrogens is 1. The number of benzene rings is 1. The minimum atomic E-state index is -2.84. The van der Waals surface area contributed by atoms with Gasteiger partial charge in [0.25, 0.3) is 0 Å². The van der Waals surface area contributed by atoms with Gasteiger partial charge in [-0.05, 0) is 29.8 Å². The van der Waals surface area contributed by atoms with Crippen molar-refractivity contribution in [2.24, 2.45) is 0 Å². The Kier molecular flexibility index (Phi) is 3.39. The molecule has 0 aliphatic carbocycles. The van der Waals surface area contributed by atoms with E-state index in [1.807, 2.05) is 0 Å². The summed E-state index contributed by atoms with van der Waals surface area (Å²) in [7, 11) is 0. The minimum Gasteiger partial charge on any atom is -0.435 e. The molecule has 2 rings (SSSR count). The van der Waals surface area contributed by atoms with Crippen LogP contribution in [0.2, 0.25) is 0 Å². The van der Waals surface area contributed by atoms with Gasteiger partial charge in [-0.15, -0.1) is 0 Å². The Morgan fingerprint density at radius 2 is 1.82 bits per heavy atom. The predicted octanol–water partition coefficient (Wildman–Crippen LogP) is 2.70. The lowest BCUT2D eigenvalue weighted by Crippen LogP contribution is -2.03. The van der Waals surface area contributed by atoms with E-state index < -0.39 is 12.7 Å². The minimum absolute atomic E-state index is 0.0717. The van der Waals surface area contributed by atoms with Crippen molar-refractivity contribution in [1.29, 1.82) is 0 Å². The van der Waals surface area contributed by atoms with Gasteiger partial charge in [0.05, 0.1) is 0 Å². The standard InChI is InChI=1S/C12H11F2NO2/c13-12(14)17-9-5-3-8(4-6-9)11(16)10-2-1-7-15-10/h1-7,11-12,15-16H. The molecule has 0 saturated carbocycles. The molecule has 17 heavy (non-hydrogen) atoms. The van der Waals surface area contributed by atoms with E-state index in [4.69, 9.17) is 0 Å². The number of ether oxygens (including phenoxy) is 1. The number of hydrogen-bond donors (Lipinski definition) is 2. The normalized spacial score (nSPS) is 12.7. The maximum Gasteiger partial charge on any atom is 0.387 e. The molecule has 0 aliphatic heterocycles. The average Bonchev–Trinajstić information content (AvgIpc) is 2.82. The van der Waals surface area contributed by atoms with Crippen LogP contribution in [0.25, 0.3) is 0 Å². The number of hydrogen-bond acceptors (Lipinski definition) is 2. The fourth-order valence-electron chi connectivity index (χ4n) is 1.53. The molecule has 0 bridgehead atoms. The van der Waals surface area contributed by atoms with E-state index in [0.29, 0.717) is 11.3 Å². The highest BCUT2D eigenvalue weighted by Crippen LogP contribution is 2.23. The van der Waals surface area contributed by atoms with Crippen LogP contribution in [0.1, 0.15) is 17.4 Å². The molecule has 1 aromatic heterocycles. The van der Waals surface area contributed by atoms with Crippen molar-refractivity contribution in [2.45, 2.75) is 12.7 Å². The predicted molar refractivity (Wildman–Crippen MR) is 57.9 cm³/mol. The first-order chi connectivity index (χ1) is 8.16. The van der Waals surface area contributed by atoms with Crippen molar-refractivity contribution in [3.05, 3.63) is 53.9 Å². The van der Waals surface area contributed by atoms with Crippen LogP contribution in [0.3, 0.4) is 0 Å². The molecule has 5 heteroatoms. The third-order valence-corrected chi connectivity index (χ3v) is 2.34. The van der Waals surface area contributed by atoms with Crippen LogP contribution in [0.15, 0.2) is 42.6 Å². The zero-order chi connectivity index (χ0) is 12.3. The van der Waals surface area contributed by atoms with Gasteiger partial charge in [0.1, 0.15) is 11.9 Å². The molecule has 0 fully saturated rings. The number of aromatic nitrogens is 1. The largest absolute Gasteiger partial charge is 0.435 e. The van der Waals surface area contributed by atoms with E-state index in [0.717, 1.165) is 0 Å². The lowest BCUT2D eigenvalue weighted by molar-refractivity contribution is -0.0498. The first kappa shape index (κ1) is 11.6. The molecule has 1 atom stereocenters. The van der Waals surface area contributed by atoms with Gasteiger partial charge in [0, 0.05) is 11.9 Å². The quantitative estimate of drug-likeness (QED) is 0.861. The summed E-state index contributed by atoms with van der Waals surface area (Å²) in [5.74, 6) is 0.0717. The van der Waals surface area contributed by atoms with Crippen LogP contribution in [-0.4, -0.2) is 16.7 Å². The third-order valence-electron chi connectivity index (χ3n) is 2.34. The molecule has 90 valence electrons. The molecular formula is C12H11F2NO2. The highest BCUT2D eigenvalue weighted by molar-refractivity contribution is 5.32. The highest BCUT2D eigenvalue weighted by Gasteiger charge is 2.11. The molecule has 1 aromatic carbocycles. The fraction of sp³-hybridized carbons (Fsp3) is 0.167. The number of nitrogens with one attached hydrogen (secondary N) is 1.